The summed E-state index contributed by atoms with van der Waals surface area (Å²) in [5, 5.41) is 0. The molecule has 0 saturated heterocycles. The topological polar surface area (TPSA) is 43.1 Å². The Kier molecular flexibility index (Phi) is 2.78. The number of hydrogen-bond acceptors (Lipinski definition) is 2. The molecule has 0 atom stereocenters. The maximum absolute atomic E-state index is 13.1. The van der Waals surface area contributed by atoms with Gasteiger partial charge in [0.1, 0.15) is 5.82 Å². The Hall–Kier alpha value is -1.22. The van der Waals surface area contributed by atoms with E-state index < -0.39 is 0 Å². The number of benzene rings is 1. The molecule has 13 heavy (non-hydrogen) atoms. The van der Waals surface area contributed by atoms with E-state index in [-0.39, 0.29) is 18.1 Å². The van der Waals surface area contributed by atoms with E-state index in [9.17, 15) is 9.18 Å². The molecule has 1 aromatic rings. The number of ketones is 1. The third kappa shape index (κ3) is 1.92. The Morgan fingerprint density at radius 3 is 2.54 bits per heavy atom. The lowest BCUT2D eigenvalue weighted by Crippen LogP contribution is -2.15. The van der Waals surface area contributed by atoms with E-state index in [1.165, 1.54) is 6.07 Å². The number of carbonyl (C=O) groups excluding carboxylic acids is 1. The highest BCUT2D eigenvalue weighted by Crippen LogP contribution is 2.14. The maximum atomic E-state index is 13.1. The van der Waals surface area contributed by atoms with Crippen LogP contribution in [0.5, 0.6) is 0 Å². The van der Waals surface area contributed by atoms with E-state index in [0.29, 0.717) is 11.1 Å². The highest BCUT2D eigenvalue weighted by atomic mass is 19.1. The fraction of sp³-hybridized carbons (Fsp3) is 0.300. The van der Waals surface area contributed by atoms with Gasteiger partial charge in [-0.05, 0) is 31.0 Å². The fourth-order valence-corrected chi connectivity index (χ4v) is 1.24. The van der Waals surface area contributed by atoms with Crippen LogP contribution in [0.2, 0.25) is 0 Å². The van der Waals surface area contributed by atoms with Gasteiger partial charge in [0, 0.05) is 5.56 Å². The molecule has 0 radical (unpaired) electrons. The molecule has 0 bridgehead atoms. The van der Waals surface area contributed by atoms with Crippen LogP contribution >= 0.6 is 0 Å². The Morgan fingerprint density at radius 2 is 2.00 bits per heavy atom. The molecule has 0 fully saturated rings. The molecule has 0 saturated carbocycles. The molecule has 0 amide bonds. The summed E-state index contributed by atoms with van der Waals surface area (Å²) in [6.45, 7) is 3.36. The molecule has 0 aliphatic rings. The molecular formula is C10H12FNO. The molecule has 2 N–H and O–H groups in total. The number of hydrogen-bond donors (Lipinski definition) is 1. The second-order valence-corrected chi connectivity index (χ2v) is 3.04. The predicted octanol–water partition coefficient (Wildman–Crippen LogP) is 1.58. The first kappa shape index (κ1) is 9.86. The molecule has 0 aromatic heterocycles. The zero-order valence-electron chi connectivity index (χ0n) is 7.73. The summed E-state index contributed by atoms with van der Waals surface area (Å²) in [5.74, 6) is -0.584. The van der Waals surface area contributed by atoms with Crippen molar-refractivity contribution in [3.63, 3.8) is 0 Å². The van der Waals surface area contributed by atoms with Gasteiger partial charge in [-0.15, -0.1) is 0 Å². The van der Waals surface area contributed by atoms with Crippen molar-refractivity contribution in [3.05, 3.63) is 34.6 Å². The number of carbonyl (C=O) groups is 1. The van der Waals surface area contributed by atoms with Crippen molar-refractivity contribution in [3.8, 4) is 0 Å². The average Bonchev–Trinajstić information content (AvgIpc) is 2.10. The highest BCUT2D eigenvalue weighted by Gasteiger charge is 2.09. The van der Waals surface area contributed by atoms with E-state index in [1.54, 1.807) is 19.9 Å². The first-order valence-corrected chi connectivity index (χ1v) is 4.06. The number of aryl methyl sites for hydroxylation is 2. The Morgan fingerprint density at radius 1 is 1.38 bits per heavy atom. The first-order chi connectivity index (χ1) is 6.06. The molecular weight excluding hydrogens is 169 g/mol. The van der Waals surface area contributed by atoms with Gasteiger partial charge in [-0.1, -0.05) is 6.07 Å². The summed E-state index contributed by atoms with van der Waals surface area (Å²) in [4.78, 5) is 11.2. The lowest BCUT2D eigenvalue weighted by molar-refractivity contribution is 0.100. The van der Waals surface area contributed by atoms with Crippen LogP contribution in [0.3, 0.4) is 0 Å². The van der Waals surface area contributed by atoms with Gasteiger partial charge in [-0.3, -0.25) is 4.79 Å². The highest BCUT2D eigenvalue weighted by molar-refractivity contribution is 5.98. The minimum Gasteiger partial charge on any atom is -0.324 e. The number of Topliss-reactive ketones (excluding diaryl/α,β-unsaturated/α-hetero) is 1. The van der Waals surface area contributed by atoms with Crippen LogP contribution in [0, 0.1) is 19.7 Å². The van der Waals surface area contributed by atoms with Gasteiger partial charge in [0.25, 0.3) is 0 Å². The van der Waals surface area contributed by atoms with Gasteiger partial charge in [0.2, 0.25) is 0 Å². The monoisotopic (exact) mass is 181 g/mol. The number of rotatable bonds is 2. The van der Waals surface area contributed by atoms with Crippen molar-refractivity contribution in [2.45, 2.75) is 13.8 Å². The van der Waals surface area contributed by atoms with Crippen molar-refractivity contribution in [1.29, 1.82) is 0 Å². The van der Waals surface area contributed by atoms with Crippen LogP contribution in [0.25, 0.3) is 0 Å². The summed E-state index contributed by atoms with van der Waals surface area (Å²) in [6, 6.07) is 2.90. The SMILES string of the molecule is Cc1cc(C)c(C(=O)CN)cc1F. The Labute approximate surface area is 76.6 Å². The van der Waals surface area contributed by atoms with Crippen LogP contribution in [0.15, 0.2) is 12.1 Å². The maximum Gasteiger partial charge on any atom is 0.176 e. The molecule has 0 aliphatic carbocycles. The van der Waals surface area contributed by atoms with Gasteiger partial charge in [0.05, 0.1) is 6.54 Å². The second-order valence-electron chi connectivity index (χ2n) is 3.04. The van der Waals surface area contributed by atoms with E-state index in [0.717, 1.165) is 5.56 Å². The molecule has 70 valence electrons. The minimum absolute atomic E-state index is 0.0800. The number of nitrogens with two attached hydrogens (primary N) is 1. The van der Waals surface area contributed by atoms with E-state index in [4.69, 9.17) is 5.73 Å². The van der Waals surface area contributed by atoms with Crippen molar-refractivity contribution >= 4 is 5.78 Å². The summed E-state index contributed by atoms with van der Waals surface area (Å²) >= 11 is 0. The zero-order valence-corrected chi connectivity index (χ0v) is 7.73. The lowest BCUT2D eigenvalue weighted by atomic mass is 10.0. The fourth-order valence-electron chi connectivity index (χ4n) is 1.24. The normalized spacial score (nSPS) is 10.2. The zero-order chi connectivity index (χ0) is 10.0. The molecule has 3 heteroatoms. The average molecular weight is 181 g/mol. The van der Waals surface area contributed by atoms with Gasteiger partial charge in [-0.25, -0.2) is 4.39 Å². The molecule has 1 aromatic carbocycles. The molecule has 0 heterocycles. The van der Waals surface area contributed by atoms with Gasteiger partial charge >= 0.3 is 0 Å². The smallest absolute Gasteiger partial charge is 0.176 e. The van der Waals surface area contributed by atoms with E-state index in [2.05, 4.69) is 0 Å². The van der Waals surface area contributed by atoms with Gasteiger partial charge in [-0.2, -0.15) is 0 Å². The summed E-state index contributed by atoms with van der Waals surface area (Å²) in [6.07, 6.45) is 0. The standard InChI is InChI=1S/C10H12FNO/c1-6-3-7(2)9(11)4-8(6)10(13)5-12/h3-4H,5,12H2,1-2H3. The van der Waals surface area contributed by atoms with Crippen molar-refractivity contribution < 1.29 is 9.18 Å². The van der Waals surface area contributed by atoms with Gasteiger partial charge in [0.15, 0.2) is 5.78 Å². The predicted molar refractivity (Wildman–Crippen MR) is 49.3 cm³/mol. The Bertz CT molecular complexity index is 347. The summed E-state index contributed by atoms with van der Waals surface area (Å²) < 4.78 is 13.1. The summed E-state index contributed by atoms with van der Waals surface area (Å²) in [7, 11) is 0. The minimum atomic E-state index is -0.359. The molecule has 0 unspecified atom stereocenters. The third-order valence-electron chi connectivity index (χ3n) is 1.99. The Balaban J connectivity index is 3.23. The molecule has 0 spiro atoms. The van der Waals surface area contributed by atoms with Crippen LogP contribution in [0.1, 0.15) is 21.5 Å². The lowest BCUT2D eigenvalue weighted by Gasteiger charge is -2.05. The third-order valence-corrected chi connectivity index (χ3v) is 1.99. The molecule has 1 rings (SSSR count). The van der Waals surface area contributed by atoms with Crippen molar-refractivity contribution in [2.75, 3.05) is 6.54 Å². The van der Waals surface area contributed by atoms with Crippen LogP contribution in [0.4, 0.5) is 4.39 Å². The van der Waals surface area contributed by atoms with Gasteiger partial charge < -0.3 is 5.73 Å². The molecule has 2 nitrogen and oxygen atoms in total. The largest absolute Gasteiger partial charge is 0.324 e. The van der Waals surface area contributed by atoms with E-state index >= 15 is 0 Å². The quantitative estimate of drug-likeness (QED) is 0.704. The van der Waals surface area contributed by atoms with E-state index in [1.807, 2.05) is 0 Å². The van der Waals surface area contributed by atoms with Crippen LogP contribution < -0.4 is 5.73 Å². The second kappa shape index (κ2) is 3.66. The number of halogens is 1. The molecule has 0 aliphatic heterocycles. The van der Waals surface area contributed by atoms with Crippen molar-refractivity contribution in [1.82, 2.24) is 0 Å². The first-order valence-electron chi connectivity index (χ1n) is 4.06. The van der Waals surface area contributed by atoms with Crippen LogP contribution in [-0.2, 0) is 0 Å². The van der Waals surface area contributed by atoms with Crippen molar-refractivity contribution in [2.24, 2.45) is 5.73 Å². The van der Waals surface area contributed by atoms with Crippen LogP contribution in [-0.4, -0.2) is 12.3 Å². The summed E-state index contributed by atoms with van der Waals surface area (Å²) in [5.41, 5.74) is 6.89.